The minimum Gasteiger partial charge on any atom is -0.491 e. The number of hydrogen-bond acceptors (Lipinski definition) is 5. The van der Waals surface area contributed by atoms with Gasteiger partial charge in [-0.1, -0.05) is 36.4 Å². The third kappa shape index (κ3) is 3.25. The van der Waals surface area contributed by atoms with Crippen LogP contribution in [0.25, 0.3) is 0 Å². The highest BCUT2D eigenvalue weighted by atomic mass is 16.5. The predicted octanol–water partition coefficient (Wildman–Crippen LogP) is 2.49. The van der Waals surface area contributed by atoms with E-state index in [1.54, 1.807) is 0 Å². The van der Waals surface area contributed by atoms with Crippen molar-refractivity contribution in [2.24, 2.45) is 0 Å². The summed E-state index contributed by atoms with van der Waals surface area (Å²) < 4.78 is 6.17. The van der Waals surface area contributed by atoms with E-state index in [0.29, 0.717) is 42.9 Å². The molecule has 0 radical (unpaired) electrons. The maximum absolute atomic E-state index is 13.4. The number of imide groups is 1. The number of piperidine rings is 2. The third-order valence-electron chi connectivity index (χ3n) is 7.77. The average molecular weight is 446 g/mol. The Balaban J connectivity index is 1.23. The van der Waals surface area contributed by atoms with Crippen molar-refractivity contribution in [3.8, 4) is 5.75 Å². The van der Waals surface area contributed by atoms with Gasteiger partial charge in [-0.05, 0) is 44.0 Å². The highest BCUT2D eigenvalue weighted by molar-refractivity contribution is 6.23. The van der Waals surface area contributed by atoms with Gasteiger partial charge < -0.3 is 10.1 Å². The summed E-state index contributed by atoms with van der Waals surface area (Å²) in [6, 6.07) is 14.0. The van der Waals surface area contributed by atoms with E-state index in [2.05, 4.69) is 34.5 Å². The normalized spacial score (nSPS) is 23.9. The summed E-state index contributed by atoms with van der Waals surface area (Å²) in [5, 5.41) is 2.78. The van der Waals surface area contributed by atoms with Gasteiger partial charge in [0.05, 0.1) is 23.8 Å². The fraction of sp³-hybridized carbons (Fsp3) is 0.423. The Morgan fingerprint density at radius 1 is 1.00 bits per heavy atom. The second-order valence-corrected chi connectivity index (χ2v) is 9.67. The molecular weight excluding hydrogens is 418 g/mol. The summed E-state index contributed by atoms with van der Waals surface area (Å²) in [6.45, 7) is 3.74. The Morgan fingerprint density at radius 2 is 1.79 bits per heavy atom. The molecule has 3 amide bonds. The maximum Gasteiger partial charge on any atom is 0.265 e. The van der Waals surface area contributed by atoms with Crippen molar-refractivity contribution in [1.82, 2.24) is 15.1 Å². The van der Waals surface area contributed by atoms with Crippen LogP contribution in [0, 0.1) is 0 Å². The van der Waals surface area contributed by atoms with Crippen molar-refractivity contribution in [3.63, 3.8) is 0 Å². The molecule has 0 saturated carbocycles. The Kier molecular flexibility index (Phi) is 4.76. The van der Waals surface area contributed by atoms with Crippen LogP contribution in [0.1, 0.15) is 57.5 Å². The van der Waals surface area contributed by atoms with Crippen LogP contribution in [0.2, 0.25) is 0 Å². The summed E-state index contributed by atoms with van der Waals surface area (Å²) in [6.07, 6.45) is 2.76. The van der Waals surface area contributed by atoms with Crippen LogP contribution >= 0.6 is 0 Å². The topological polar surface area (TPSA) is 79.0 Å². The quantitative estimate of drug-likeness (QED) is 0.735. The molecule has 1 unspecified atom stereocenters. The number of ether oxygens (including phenoxy) is 1. The van der Waals surface area contributed by atoms with Crippen molar-refractivity contribution in [1.29, 1.82) is 0 Å². The SMILES string of the molecule is O=C1CCC(N2C(=O)c3ccc4c(c3C2=O)OCC42CCN(Cc3ccccc3)CC2)CN1. The van der Waals surface area contributed by atoms with Gasteiger partial charge in [0.15, 0.2) is 0 Å². The Hall–Kier alpha value is -3.19. The second-order valence-electron chi connectivity index (χ2n) is 9.67. The molecule has 2 aromatic carbocycles. The Labute approximate surface area is 192 Å². The van der Waals surface area contributed by atoms with Crippen molar-refractivity contribution >= 4 is 17.7 Å². The second kappa shape index (κ2) is 7.70. The van der Waals surface area contributed by atoms with E-state index in [0.717, 1.165) is 38.0 Å². The molecule has 6 rings (SSSR count). The standard InChI is InChI=1S/C26H27N3O4/c30-21-9-6-18(14-27-21)29-24(31)19-7-8-20-23(22(19)25(29)32)33-16-26(20)10-12-28(13-11-26)15-17-4-2-1-3-5-17/h1-5,7-8,18H,6,9-16H2,(H,27,30). The lowest BCUT2D eigenvalue weighted by Crippen LogP contribution is -2.50. The van der Waals surface area contributed by atoms with Crippen molar-refractivity contribution < 1.29 is 19.1 Å². The highest BCUT2D eigenvalue weighted by Gasteiger charge is 2.49. The summed E-state index contributed by atoms with van der Waals surface area (Å²) in [5.41, 5.74) is 3.12. The largest absolute Gasteiger partial charge is 0.491 e. The molecule has 7 nitrogen and oxygen atoms in total. The first-order valence-corrected chi connectivity index (χ1v) is 11.8. The third-order valence-corrected chi connectivity index (χ3v) is 7.77. The molecule has 2 aromatic rings. The molecule has 7 heteroatoms. The van der Waals surface area contributed by atoms with Crippen LogP contribution in [0.4, 0.5) is 0 Å². The van der Waals surface area contributed by atoms with Gasteiger partial charge in [-0.2, -0.15) is 0 Å². The first-order valence-electron chi connectivity index (χ1n) is 11.8. The van der Waals surface area contributed by atoms with E-state index in [1.807, 2.05) is 18.2 Å². The molecule has 2 saturated heterocycles. The van der Waals surface area contributed by atoms with Crippen molar-refractivity contribution in [2.75, 3.05) is 26.2 Å². The van der Waals surface area contributed by atoms with E-state index in [-0.39, 0.29) is 29.2 Å². The fourth-order valence-corrected chi connectivity index (χ4v) is 5.84. The summed E-state index contributed by atoms with van der Waals surface area (Å²) in [4.78, 5) is 41.8. The number of carbonyl (C=O) groups excluding carboxylic acids is 3. The van der Waals surface area contributed by atoms with Crippen LogP contribution in [0.3, 0.4) is 0 Å². The number of carbonyl (C=O) groups is 3. The van der Waals surface area contributed by atoms with Crippen LogP contribution in [-0.4, -0.2) is 59.8 Å². The minimum atomic E-state index is -0.303. The van der Waals surface area contributed by atoms with E-state index in [9.17, 15) is 14.4 Å². The van der Waals surface area contributed by atoms with Crippen molar-refractivity contribution in [2.45, 2.75) is 43.7 Å². The number of nitrogens with zero attached hydrogens (tertiary/aromatic N) is 2. The zero-order valence-electron chi connectivity index (χ0n) is 18.5. The van der Waals surface area contributed by atoms with Gasteiger partial charge in [-0.15, -0.1) is 0 Å². The molecule has 1 N–H and O–H groups in total. The lowest BCUT2D eigenvalue weighted by atomic mass is 9.74. The van der Waals surface area contributed by atoms with E-state index in [1.165, 1.54) is 10.5 Å². The number of benzene rings is 2. The molecule has 0 bridgehead atoms. The summed E-state index contributed by atoms with van der Waals surface area (Å²) in [5.74, 6) is 0.00470. The van der Waals surface area contributed by atoms with Crippen LogP contribution < -0.4 is 10.1 Å². The molecule has 4 heterocycles. The highest BCUT2D eigenvalue weighted by Crippen LogP contribution is 2.49. The van der Waals surface area contributed by atoms with Gasteiger partial charge in [0.25, 0.3) is 11.8 Å². The Bertz CT molecular complexity index is 1130. The number of fused-ring (bicyclic) bond motifs is 4. The Morgan fingerprint density at radius 3 is 2.52 bits per heavy atom. The van der Waals surface area contributed by atoms with Gasteiger partial charge in [-0.3, -0.25) is 24.2 Å². The van der Waals surface area contributed by atoms with Crippen LogP contribution in [0.5, 0.6) is 5.75 Å². The van der Waals surface area contributed by atoms with Gasteiger partial charge in [0.1, 0.15) is 5.75 Å². The zero-order chi connectivity index (χ0) is 22.6. The number of amides is 3. The zero-order valence-corrected chi connectivity index (χ0v) is 18.5. The average Bonchev–Trinajstić information content (AvgIpc) is 3.32. The first-order chi connectivity index (χ1) is 16.1. The van der Waals surface area contributed by atoms with E-state index >= 15 is 0 Å². The van der Waals surface area contributed by atoms with E-state index < -0.39 is 0 Å². The number of likely N-dealkylation sites (tertiary alicyclic amines) is 1. The van der Waals surface area contributed by atoms with Gasteiger partial charge in [-0.25, -0.2) is 0 Å². The summed E-state index contributed by atoms with van der Waals surface area (Å²) in [7, 11) is 0. The lowest BCUT2D eigenvalue weighted by Gasteiger charge is -2.38. The van der Waals surface area contributed by atoms with Gasteiger partial charge in [0, 0.05) is 30.5 Å². The molecule has 2 fully saturated rings. The molecule has 4 aliphatic rings. The molecule has 4 aliphatic heterocycles. The number of rotatable bonds is 3. The number of hydrogen-bond donors (Lipinski definition) is 1. The monoisotopic (exact) mass is 445 g/mol. The predicted molar refractivity (Wildman–Crippen MR) is 121 cm³/mol. The van der Waals surface area contributed by atoms with Gasteiger partial charge in [0.2, 0.25) is 5.91 Å². The van der Waals surface area contributed by atoms with E-state index in [4.69, 9.17) is 4.74 Å². The molecule has 1 spiro atoms. The first kappa shape index (κ1) is 20.4. The fourth-order valence-electron chi connectivity index (χ4n) is 5.84. The lowest BCUT2D eigenvalue weighted by molar-refractivity contribution is -0.123. The van der Waals surface area contributed by atoms with Crippen LogP contribution in [0.15, 0.2) is 42.5 Å². The smallest absolute Gasteiger partial charge is 0.265 e. The minimum absolute atomic E-state index is 0.0346. The van der Waals surface area contributed by atoms with Crippen molar-refractivity contribution in [3.05, 3.63) is 64.7 Å². The summed E-state index contributed by atoms with van der Waals surface area (Å²) >= 11 is 0. The molecule has 1 atom stereocenters. The molecule has 170 valence electrons. The molecular formula is C26H27N3O4. The molecule has 0 aromatic heterocycles. The molecule has 33 heavy (non-hydrogen) atoms. The van der Waals surface area contributed by atoms with Crippen LogP contribution in [-0.2, 0) is 16.8 Å². The molecule has 0 aliphatic carbocycles. The maximum atomic E-state index is 13.4. The van der Waals surface area contributed by atoms with Gasteiger partial charge >= 0.3 is 0 Å². The number of nitrogens with one attached hydrogen (secondary N) is 1.